The minimum absolute atomic E-state index is 0.103. The van der Waals surface area contributed by atoms with Crippen LogP contribution in [0.15, 0.2) is 36.5 Å². The second-order valence-electron chi connectivity index (χ2n) is 8.94. The van der Waals surface area contributed by atoms with Gasteiger partial charge in [-0.2, -0.15) is 0 Å². The summed E-state index contributed by atoms with van der Waals surface area (Å²) in [6.45, 7) is 2.34. The third kappa shape index (κ3) is 5.48. The highest BCUT2D eigenvalue weighted by Gasteiger charge is 2.52. The maximum Gasteiger partial charge on any atom is 0.524 e. The topological polar surface area (TPSA) is 123 Å². The first-order valence-electron chi connectivity index (χ1n) is 10.8. The molecule has 1 saturated heterocycles. The number of nitrogens with zero attached hydrogens (tertiary/aromatic N) is 5. The standard InChI is InChI=1S/C21H24F3N5O6/c1-19(14-27-12-16(29(32)33)25-17(27)34-19)13-26-9-7-20(8-10-26,35-21(22,23)24)28(18(30)31)11-15-5-3-2-4-6-15/h2-6,12H,7-11,13-14H2,1H3,(H,30,31)/t19-/m0/s1. The van der Waals surface area contributed by atoms with Gasteiger partial charge in [-0.05, 0) is 17.4 Å². The smallest absolute Gasteiger partial charge is 0.465 e. The highest BCUT2D eigenvalue weighted by molar-refractivity contribution is 5.66. The number of nitro groups is 1. The summed E-state index contributed by atoms with van der Waals surface area (Å²) < 4.78 is 52.0. The molecule has 1 fully saturated rings. The summed E-state index contributed by atoms with van der Waals surface area (Å²) in [4.78, 5) is 28.7. The van der Waals surface area contributed by atoms with Gasteiger partial charge in [0.1, 0.15) is 11.8 Å². The van der Waals surface area contributed by atoms with Crippen LogP contribution in [-0.2, 0) is 17.8 Å². The van der Waals surface area contributed by atoms with E-state index in [2.05, 4.69) is 9.72 Å². The number of fused-ring (bicyclic) bond motifs is 1. The number of hydrogen-bond acceptors (Lipinski definition) is 7. The Morgan fingerprint density at radius 2 is 1.97 bits per heavy atom. The number of carboxylic acid groups (broad SMARTS) is 1. The van der Waals surface area contributed by atoms with Crippen LogP contribution in [0, 0.1) is 10.1 Å². The lowest BCUT2D eigenvalue weighted by molar-refractivity contribution is -0.394. The molecule has 1 atom stereocenters. The van der Waals surface area contributed by atoms with Gasteiger partial charge in [0.2, 0.25) is 0 Å². The largest absolute Gasteiger partial charge is 0.524 e. The summed E-state index contributed by atoms with van der Waals surface area (Å²) in [7, 11) is 0. The van der Waals surface area contributed by atoms with Gasteiger partial charge in [-0.25, -0.2) is 4.79 Å². The molecule has 2 aliphatic rings. The van der Waals surface area contributed by atoms with Crippen LogP contribution in [0.25, 0.3) is 0 Å². The predicted octanol–water partition coefficient (Wildman–Crippen LogP) is 3.45. The Hall–Kier alpha value is -3.39. The van der Waals surface area contributed by atoms with E-state index in [9.17, 15) is 33.2 Å². The molecule has 3 heterocycles. The van der Waals surface area contributed by atoms with E-state index in [4.69, 9.17) is 4.74 Å². The minimum atomic E-state index is -5.03. The average molecular weight is 499 g/mol. The van der Waals surface area contributed by atoms with Crippen molar-refractivity contribution >= 4 is 11.9 Å². The Labute approximate surface area is 197 Å². The Kier molecular flexibility index (Phi) is 6.36. The Morgan fingerprint density at radius 1 is 1.31 bits per heavy atom. The van der Waals surface area contributed by atoms with Crippen molar-refractivity contribution in [3.63, 3.8) is 0 Å². The quantitative estimate of drug-likeness (QED) is 0.349. The first-order chi connectivity index (χ1) is 16.4. The molecule has 14 heteroatoms. The third-order valence-electron chi connectivity index (χ3n) is 6.16. The van der Waals surface area contributed by atoms with Crippen molar-refractivity contribution in [2.24, 2.45) is 0 Å². The molecule has 4 rings (SSSR count). The van der Waals surface area contributed by atoms with Crippen molar-refractivity contribution in [3.8, 4) is 6.01 Å². The van der Waals surface area contributed by atoms with Gasteiger partial charge in [0.25, 0.3) is 0 Å². The molecular formula is C21H24F3N5O6. The highest BCUT2D eigenvalue weighted by Crippen LogP contribution is 2.39. The zero-order valence-electron chi connectivity index (χ0n) is 18.8. The molecule has 1 N–H and O–H groups in total. The molecule has 35 heavy (non-hydrogen) atoms. The number of aromatic nitrogens is 2. The number of rotatable bonds is 7. The number of piperidine rings is 1. The number of carbonyl (C=O) groups is 1. The van der Waals surface area contributed by atoms with Crippen LogP contribution in [0.5, 0.6) is 6.01 Å². The summed E-state index contributed by atoms with van der Waals surface area (Å²) in [5.74, 6) is -0.332. The van der Waals surface area contributed by atoms with Gasteiger partial charge in [-0.1, -0.05) is 30.3 Å². The minimum Gasteiger partial charge on any atom is -0.465 e. The van der Waals surface area contributed by atoms with Gasteiger partial charge in [-0.15, -0.1) is 13.2 Å². The number of alkyl halides is 3. The van der Waals surface area contributed by atoms with E-state index >= 15 is 0 Å². The number of ether oxygens (including phenoxy) is 2. The fourth-order valence-electron chi connectivity index (χ4n) is 4.69. The van der Waals surface area contributed by atoms with Gasteiger partial charge in [0.15, 0.2) is 5.72 Å². The third-order valence-corrected chi connectivity index (χ3v) is 6.16. The molecule has 0 spiro atoms. The van der Waals surface area contributed by atoms with E-state index in [0.29, 0.717) is 12.1 Å². The fourth-order valence-corrected chi connectivity index (χ4v) is 4.69. The SMILES string of the molecule is C[C@]1(CN2CCC(OC(F)(F)F)(N(Cc3ccccc3)C(=O)O)CC2)Cn2cc([N+](=O)[O-])nc2O1. The van der Waals surface area contributed by atoms with E-state index in [1.807, 2.05) is 4.90 Å². The molecule has 2 aliphatic heterocycles. The molecular weight excluding hydrogens is 475 g/mol. The summed E-state index contributed by atoms with van der Waals surface area (Å²) in [5.41, 5.74) is -2.35. The first-order valence-corrected chi connectivity index (χ1v) is 10.8. The van der Waals surface area contributed by atoms with Crippen LogP contribution >= 0.6 is 0 Å². The van der Waals surface area contributed by atoms with Crippen LogP contribution in [0.1, 0.15) is 25.3 Å². The van der Waals surface area contributed by atoms with Gasteiger partial charge >= 0.3 is 24.3 Å². The maximum atomic E-state index is 13.4. The lowest BCUT2D eigenvalue weighted by Gasteiger charge is -2.47. The number of imidazole rings is 1. The summed E-state index contributed by atoms with van der Waals surface area (Å²) >= 11 is 0. The summed E-state index contributed by atoms with van der Waals surface area (Å²) in [5, 5.41) is 20.7. The number of likely N-dealkylation sites (tertiary alicyclic amines) is 1. The normalized spacial score (nSPS) is 21.8. The average Bonchev–Trinajstić information content (AvgIpc) is 3.28. The Morgan fingerprint density at radius 3 is 2.51 bits per heavy atom. The molecule has 0 saturated carbocycles. The van der Waals surface area contributed by atoms with Crippen molar-refractivity contribution in [1.29, 1.82) is 0 Å². The molecule has 190 valence electrons. The van der Waals surface area contributed by atoms with Crippen LogP contribution in [0.3, 0.4) is 0 Å². The van der Waals surface area contributed by atoms with Crippen molar-refractivity contribution in [1.82, 2.24) is 19.4 Å². The zero-order chi connectivity index (χ0) is 25.4. The summed E-state index contributed by atoms with van der Waals surface area (Å²) in [6.07, 6.45) is -5.69. The van der Waals surface area contributed by atoms with E-state index in [1.165, 1.54) is 10.8 Å². The van der Waals surface area contributed by atoms with Gasteiger partial charge in [0, 0.05) is 37.5 Å². The molecule has 0 unspecified atom stereocenters. The first kappa shape index (κ1) is 24.7. The molecule has 11 nitrogen and oxygen atoms in total. The van der Waals surface area contributed by atoms with Crippen molar-refractivity contribution in [2.45, 2.75) is 50.5 Å². The van der Waals surface area contributed by atoms with E-state index in [-0.39, 0.29) is 50.8 Å². The molecule has 2 aromatic rings. The number of hydrogen-bond donors (Lipinski definition) is 1. The van der Waals surface area contributed by atoms with Crippen molar-refractivity contribution in [2.75, 3.05) is 19.6 Å². The highest BCUT2D eigenvalue weighted by atomic mass is 19.4. The van der Waals surface area contributed by atoms with Gasteiger partial charge < -0.3 is 20.0 Å². The summed E-state index contributed by atoms with van der Waals surface area (Å²) in [6, 6.07) is 8.46. The zero-order valence-corrected chi connectivity index (χ0v) is 18.8. The Bertz CT molecular complexity index is 1060. The number of amides is 1. The Balaban J connectivity index is 1.47. The predicted molar refractivity (Wildman–Crippen MR) is 113 cm³/mol. The molecule has 1 amide bonds. The molecule has 0 aliphatic carbocycles. The van der Waals surface area contributed by atoms with E-state index in [0.717, 1.165) is 4.90 Å². The number of benzene rings is 1. The fraction of sp³-hybridized carbons (Fsp3) is 0.524. The van der Waals surface area contributed by atoms with Crippen LogP contribution in [0.4, 0.5) is 23.8 Å². The molecule has 1 aromatic heterocycles. The van der Waals surface area contributed by atoms with Gasteiger partial charge in [0.05, 0.1) is 13.1 Å². The second kappa shape index (κ2) is 9.00. The lowest BCUT2D eigenvalue weighted by atomic mass is 9.95. The molecule has 0 radical (unpaired) electrons. The van der Waals surface area contributed by atoms with E-state index < -0.39 is 28.7 Å². The van der Waals surface area contributed by atoms with Crippen molar-refractivity contribution in [3.05, 3.63) is 52.2 Å². The van der Waals surface area contributed by atoms with Crippen LogP contribution < -0.4 is 4.74 Å². The molecule has 1 aromatic carbocycles. The second-order valence-corrected chi connectivity index (χ2v) is 8.94. The van der Waals surface area contributed by atoms with Crippen LogP contribution in [-0.4, -0.2) is 72.8 Å². The molecule has 0 bridgehead atoms. The lowest BCUT2D eigenvalue weighted by Crippen LogP contribution is -2.61. The number of halogens is 3. The van der Waals surface area contributed by atoms with Crippen molar-refractivity contribution < 1.29 is 37.5 Å². The van der Waals surface area contributed by atoms with Gasteiger partial charge in [-0.3, -0.25) is 19.1 Å². The van der Waals surface area contributed by atoms with Crippen LogP contribution in [0.2, 0.25) is 0 Å². The monoisotopic (exact) mass is 499 g/mol. The maximum absolute atomic E-state index is 13.4. The van der Waals surface area contributed by atoms with E-state index in [1.54, 1.807) is 37.3 Å².